The lowest BCUT2D eigenvalue weighted by atomic mass is 10.2. The number of pyridine rings is 1. The predicted octanol–water partition coefficient (Wildman–Crippen LogP) is 2.97. The van der Waals surface area contributed by atoms with Crippen LogP contribution in [0.4, 0.5) is 5.82 Å². The number of amides is 1. The van der Waals surface area contributed by atoms with Gasteiger partial charge in [-0.25, -0.2) is 4.98 Å². The monoisotopic (exact) mass is 343 g/mol. The summed E-state index contributed by atoms with van der Waals surface area (Å²) in [4.78, 5) is 16.2. The molecule has 6 nitrogen and oxygen atoms in total. The van der Waals surface area contributed by atoms with Gasteiger partial charge >= 0.3 is 0 Å². The van der Waals surface area contributed by atoms with Gasteiger partial charge in [0.1, 0.15) is 23.9 Å². The summed E-state index contributed by atoms with van der Waals surface area (Å²) in [6.07, 6.45) is 1.57. The minimum Gasteiger partial charge on any atom is -0.497 e. The van der Waals surface area contributed by atoms with Crippen LogP contribution in [0.3, 0.4) is 0 Å². The van der Waals surface area contributed by atoms with Crippen molar-refractivity contribution >= 4 is 11.7 Å². The Hall–Kier alpha value is -2.76. The van der Waals surface area contributed by atoms with Crippen LogP contribution in [0.2, 0.25) is 0 Å². The molecule has 2 rings (SSSR count). The number of carbonyl (C=O) groups is 1. The highest BCUT2D eigenvalue weighted by Gasteiger charge is 2.06. The SMILES string of the molecule is COc1ccc(OCCNc2ccc(C(=O)NCC(C)C)cn2)cc1. The molecule has 0 atom stereocenters. The van der Waals surface area contributed by atoms with E-state index in [-0.39, 0.29) is 5.91 Å². The maximum atomic E-state index is 11.9. The molecule has 1 aromatic carbocycles. The Morgan fingerprint density at radius 1 is 1.12 bits per heavy atom. The summed E-state index contributed by atoms with van der Waals surface area (Å²) < 4.78 is 10.7. The number of methoxy groups -OCH3 is 1. The van der Waals surface area contributed by atoms with Crippen LogP contribution in [0.15, 0.2) is 42.6 Å². The van der Waals surface area contributed by atoms with Gasteiger partial charge in [-0.05, 0) is 42.3 Å². The summed E-state index contributed by atoms with van der Waals surface area (Å²) in [6.45, 7) is 5.88. The summed E-state index contributed by atoms with van der Waals surface area (Å²) in [7, 11) is 1.63. The Morgan fingerprint density at radius 3 is 2.44 bits per heavy atom. The maximum Gasteiger partial charge on any atom is 0.252 e. The van der Waals surface area contributed by atoms with Gasteiger partial charge in [0.2, 0.25) is 0 Å². The Balaban J connectivity index is 1.72. The van der Waals surface area contributed by atoms with Crippen LogP contribution in [0.1, 0.15) is 24.2 Å². The average molecular weight is 343 g/mol. The molecule has 0 aliphatic rings. The summed E-state index contributed by atoms with van der Waals surface area (Å²) >= 11 is 0. The van der Waals surface area contributed by atoms with E-state index in [0.717, 1.165) is 11.5 Å². The van der Waals surface area contributed by atoms with Crippen molar-refractivity contribution in [3.63, 3.8) is 0 Å². The zero-order chi connectivity index (χ0) is 18.1. The molecule has 1 heterocycles. The highest BCUT2D eigenvalue weighted by atomic mass is 16.5. The van der Waals surface area contributed by atoms with Crippen molar-refractivity contribution in [3.05, 3.63) is 48.2 Å². The van der Waals surface area contributed by atoms with Crippen molar-refractivity contribution in [2.45, 2.75) is 13.8 Å². The molecular weight excluding hydrogens is 318 g/mol. The van der Waals surface area contributed by atoms with E-state index in [4.69, 9.17) is 9.47 Å². The first kappa shape index (κ1) is 18.6. The van der Waals surface area contributed by atoms with Crippen molar-refractivity contribution in [2.24, 2.45) is 5.92 Å². The van der Waals surface area contributed by atoms with Gasteiger partial charge in [-0.15, -0.1) is 0 Å². The third kappa shape index (κ3) is 6.33. The molecule has 0 aliphatic heterocycles. The smallest absolute Gasteiger partial charge is 0.252 e. The number of anilines is 1. The molecule has 1 amide bonds. The molecule has 0 saturated heterocycles. The number of carbonyl (C=O) groups excluding carboxylic acids is 1. The molecule has 0 spiro atoms. The fourth-order valence-electron chi connectivity index (χ4n) is 2.05. The van der Waals surface area contributed by atoms with Crippen LogP contribution in [-0.4, -0.2) is 37.7 Å². The van der Waals surface area contributed by atoms with Crippen molar-refractivity contribution in [3.8, 4) is 11.5 Å². The van der Waals surface area contributed by atoms with Crippen LogP contribution in [0.25, 0.3) is 0 Å². The average Bonchev–Trinajstić information content (AvgIpc) is 2.64. The van der Waals surface area contributed by atoms with Crippen molar-refractivity contribution in [1.29, 1.82) is 0 Å². The van der Waals surface area contributed by atoms with E-state index >= 15 is 0 Å². The number of hydrogen-bond donors (Lipinski definition) is 2. The first-order valence-corrected chi connectivity index (χ1v) is 8.33. The first-order valence-electron chi connectivity index (χ1n) is 8.33. The van der Waals surface area contributed by atoms with Gasteiger partial charge in [0.25, 0.3) is 5.91 Å². The minimum absolute atomic E-state index is 0.101. The molecule has 0 fully saturated rings. The molecule has 6 heteroatoms. The van der Waals surface area contributed by atoms with Gasteiger partial charge in [0.15, 0.2) is 0 Å². The first-order chi connectivity index (χ1) is 12.1. The van der Waals surface area contributed by atoms with Crippen LogP contribution in [0.5, 0.6) is 11.5 Å². The molecule has 25 heavy (non-hydrogen) atoms. The molecule has 0 bridgehead atoms. The lowest BCUT2D eigenvalue weighted by Crippen LogP contribution is -2.27. The van der Waals surface area contributed by atoms with E-state index in [1.54, 1.807) is 25.4 Å². The zero-order valence-corrected chi connectivity index (χ0v) is 14.9. The van der Waals surface area contributed by atoms with Crippen LogP contribution in [0, 0.1) is 5.92 Å². The van der Waals surface area contributed by atoms with E-state index in [0.29, 0.717) is 37.0 Å². The summed E-state index contributed by atoms with van der Waals surface area (Å²) in [6, 6.07) is 11.0. The standard InChI is InChI=1S/C19H25N3O3/c1-14(2)12-22-19(23)15-4-9-18(21-13-15)20-10-11-25-17-7-5-16(24-3)6-8-17/h4-9,13-14H,10-12H2,1-3H3,(H,20,21)(H,22,23). The Bertz CT molecular complexity index is 655. The highest BCUT2D eigenvalue weighted by molar-refractivity contribution is 5.94. The molecule has 134 valence electrons. The largest absolute Gasteiger partial charge is 0.497 e. The van der Waals surface area contributed by atoms with Gasteiger partial charge in [-0.3, -0.25) is 4.79 Å². The van der Waals surface area contributed by atoms with Gasteiger partial charge in [0.05, 0.1) is 19.2 Å². The normalized spacial score (nSPS) is 10.4. The number of nitrogens with one attached hydrogen (secondary N) is 2. The number of rotatable bonds is 9. The second-order valence-electron chi connectivity index (χ2n) is 5.99. The number of nitrogens with zero attached hydrogens (tertiary/aromatic N) is 1. The third-order valence-corrected chi connectivity index (χ3v) is 3.43. The molecule has 2 aromatic rings. The maximum absolute atomic E-state index is 11.9. The minimum atomic E-state index is -0.101. The third-order valence-electron chi connectivity index (χ3n) is 3.43. The van der Waals surface area contributed by atoms with Crippen LogP contribution in [-0.2, 0) is 0 Å². The molecule has 0 radical (unpaired) electrons. The van der Waals surface area contributed by atoms with Crippen molar-refractivity contribution in [2.75, 3.05) is 32.1 Å². The number of ether oxygens (including phenoxy) is 2. The molecule has 1 aromatic heterocycles. The van der Waals surface area contributed by atoms with Gasteiger partial charge in [0, 0.05) is 12.7 Å². The topological polar surface area (TPSA) is 72.5 Å². The Labute approximate surface area is 148 Å². The second-order valence-corrected chi connectivity index (χ2v) is 5.99. The molecule has 0 saturated carbocycles. The van der Waals surface area contributed by atoms with E-state index < -0.39 is 0 Å². The predicted molar refractivity (Wildman–Crippen MR) is 98.4 cm³/mol. The quantitative estimate of drug-likeness (QED) is 0.685. The van der Waals surface area contributed by atoms with E-state index in [1.165, 1.54) is 0 Å². The molecule has 0 unspecified atom stereocenters. The second kappa shape index (κ2) is 9.52. The number of aromatic nitrogens is 1. The van der Waals surface area contributed by atoms with Gasteiger partial charge in [-0.2, -0.15) is 0 Å². The van der Waals surface area contributed by atoms with Crippen LogP contribution >= 0.6 is 0 Å². The number of hydrogen-bond acceptors (Lipinski definition) is 5. The summed E-state index contributed by atoms with van der Waals surface area (Å²) in [5.74, 6) is 2.61. The lowest BCUT2D eigenvalue weighted by Gasteiger charge is -2.10. The highest BCUT2D eigenvalue weighted by Crippen LogP contribution is 2.16. The van der Waals surface area contributed by atoms with E-state index in [1.807, 2.05) is 24.3 Å². The summed E-state index contributed by atoms with van der Waals surface area (Å²) in [5.41, 5.74) is 0.556. The number of benzene rings is 1. The van der Waals surface area contributed by atoms with Gasteiger partial charge < -0.3 is 20.1 Å². The molecule has 2 N–H and O–H groups in total. The van der Waals surface area contributed by atoms with E-state index in [9.17, 15) is 4.79 Å². The van der Waals surface area contributed by atoms with Crippen molar-refractivity contribution < 1.29 is 14.3 Å². The lowest BCUT2D eigenvalue weighted by molar-refractivity contribution is 0.0948. The summed E-state index contributed by atoms with van der Waals surface area (Å²) in [5, 5.41) is 6.03. The fraction of sp³-hybridized carbons (Fsp3) is 0.368. The van der Waals surface area contributed by atoms with Crippen molar-refractivity contribution in [1.82, 2.24) is 10.3 Å². The molecular formula is C19H25N3O3. The van der Waals surface area contributed by atoms with Gasteiger partial charge in [-0.1, -0.05) is 13.8 Å². The van der Waals surface area contributed by atoms with Crippen LogP contribution < -0.4 is 20.1 Å². The zero-order valence-electron chi connectivity index (χ0n) is 14.9. The van der Waals surface area contributed by atoms with E-state index in [2.05, 4.69) is 29.5 Å². The molecule has 0 aliphatic carbocycles. The Morgan fingerprint density at radius 2 is 1.84 bits per heavy atom. The Kier molecular flexibility index (Phi) is 7.07. The fourth-order valence-corrected chi connectivity index (χ4v) is 2.05.